The van der Waals surface area contributed by atoms with Gasteiger partial charge in [0, 0.05) is 36.7 Å². The van der Waals surface area contributed by atoms with Crippen LogP contribution in [0.5, 0.6) is 0 Å². The molecule has 1 amide bonds. The van der Waals surface area contributed by atoms with Crippen LogP contribution < -0.4 is 5.32 Å². The van der Waals surface area contributed by atoms with Crippen molar-refractivity contribution in [3.05, 3.63) is 56.7 Å². The average molecular weight is 361 g/mol. The number of carbonyl (C=O) groups excluding carboxylic acids is 1. The van der Waals surface area contributed by atoms with Crippen molar-refractivity contribution in [2.24, 2.45) is 0 Å². The topological polar surface area (TPSA) is 59.8 Å². The lowest BCUT2D eigenvalue weighted by atomic mass is 10.1. The van der Waals surface area contributed by atoms with Crippen molar-refractivity contribution >= 4 is 28.6 Å². The van der Waals surface area contributed by atoms with Crippen molar-refractivity contribution in [3.8, 4) is 0 Å². The van der Waals surface area contributed by atoms with Gasteiger partial charge in [0.1, 0.15) is 5.01 Å². The number of rotatable bonds is 7. The van der Waals surface area contributed by atoms with Crippen LogP contribution in [0.2, 0.25) is 0 Å². The number of imidazole rings is 1. The summed E-state index contributed by atoms with van der Waals surface area (Å²) in [7, 11) is 0. The van der Waals surface area contributed by atoms with Crippen molar-refractivity contribution in [2.75, 3.05) is 0 Å². The van der Waals surface area contributed by atoms with Crippen molar-refractivity contribution in [1.82, 2.24) is 19.9 Å². The number of hydrogen-bond acceptors (Lipinski definition) is 5. The minimum atomic E-state index is -0.0766. The normalized spacial score (nSPS) is 12.2. The Morgan fingerprint density at radius 1 is 1.42 bits per heavy atom. The zero-order chi connectivity index (χ0) is 16.9. The highest BCUT2D eigenvalue weighted by Crippen LogP contribution is 2.26. The molecule has 0 aliphatic rings. The first-order valence-corrected chi connectivity index (χ1v) is 9.58. The number of aryl methyl sites for hydroxylation is 3. The first-order chi connectivity index (χ1) is 11.6. The van der Waals surface area contributed by atoms with Crippen LogP contribution in [0.1, 0.15) is 33.6 Å². The Balaban J connectivity index is 1.68. The Morgan fingerprint density at radius 3 is 2.92 bits per heavy atom. The van der Waals surface area contributed by atoms with Gasteiger partial charge in [0.05, 0.1) is 18.1 Å². The molecule has 7 heteroatoms. The number of amides is 1. The van der Waals surface area contributed by atoms with Crippen LogP contribution in [0, 0.1) is 13.8 Å². The Hall–Kier alpha value is -1.99. The number of thiophene rings is 1. The van der Waals surface area contributed by atoms with E-state index in [9.17, 15) is 4.79 Å². The van der Waals surface area contributed by atoms with Gasteiger partial charge in [-0.15, -0.1) is 11.3 Å². The van der Waals surface area contributed by atoms with Gasteiger partial charge in [-0.2, -0.15) is 11.3 Å². The van der Waals surface area contributed by atoms with Crippen LogP contribution in [-0.2, 0) is 17.8 Å². The smallest absolute Gasteiger partial charge is 0.222 e. The quantitative estimate of drug-likeness (QED) is 0.701. The monoisotopic (exact) mass is 360 g/mol. The molecule has 0 saturated carbocycles. The van der Waals surface area contributed by atoms with E-state index >= 15 is 0 Å². The second kappa shape index (κ2) is 7.72. The summed E-state index contributed by atoms with van der Waals surface area (Å²) in [5.41, 5.74) is 2.27. The molecule has 0 saturated heterocycles. The molecular weight excluding hydrogens is 340 g/mol. The van der Waals surface area contributed by atoms with E-state index in [0.717, 1.165) is 17.1 Å². The molecule has 24 heavy (non-hydrogen) atoms. The minimum absolute atomic E-state index is 0.0365. The molecular formula is C17H20N4OS2. The molecule has 0 aliphatic heterocycles. The zero-order valence-electron chi connectivity index (χ0n) is 13.7. The number of hydrogen-bond donors (Lipinski definition) is 1. The van der Waals surface area contributed by atoms with E-state index in [4.69, 9.17) is 0 Å². The molecule has 126 valence electrons. The van der Waals surface area contributed by atoms with Crippen LogP contribution in [-0.4, -0.2) is 20.4 Å². The first kappa shape index (κ1) is 16.9. The Kier molecular flexibility index (Phi) is 5.42. The Labute approximate surface area is 149 Å². The average Bonchev–Trinajstić information content (AvgIpc) is 3.29. The molecule has 1 N–H and O–H groups in total. The van der Waals surface area contributed by atoms with Crippen molar-refractivity contribution in [1.29, 1.82) is 0 Å². The van der Waals surface area contributed by atoms with Gasteiger partial charge in [0.25, 0.3) is 0 Å². The fourth-order valence-electron chi connectivity index (χ4n) is 2.41. The fraction of sp³-hybridized carbons (Fsp3) is 0.353. The maximum atomic E-state index is 12.4. The highest BCUT2D eigenvalue weighted by Gasteiger charge is 2.19. The van der Waals surface area contributed by atoms with Crippen LogP contribution in [0.3, 0.4) is 0 Å². The number of aromatic nitrogens is 3. The summed E-state index contributed by atoms with van der Waals surface area (Å²) in [6, 6.07) is 2.02. The van der Waals surface area contributed by atoms with Crippen molar-refractivity contribution < 1.29 is 4.79 Å². The van der Waals surface area contributed by atoms with E-state index < -0.39 is 0 Å². The van der Waals surface area contributed by atoms with Crippen LogP contribution >= 0.6 is 22.7 Å². The van der Waals surface area contributed by atoms with Crippen molar-refractivity contribution in [3.63, 3.8) is 0 Å². The lowest BCUT2D eigenvalue weighted by molar-refractivity contribution is -0.122. The summed E-state index contributed by atoms with van der Waals surface area (Å²) in [5, 5.41) is 8.32. The van der Waals surface area contributed by atoms with Crippen molar-refractivity contribution in [2.45, 2.75) is 39.3 Å². The van der Waals surface area contributed by atoms with Gasteiger partial charge in [-0.25, -0.2) is 9.97 Å². The van der Waals surface area contributed by atoms with Gasteiger partial charge in [0.15, 0.2) is 0 Å². The Bertz CT molecular complexity index is 758. The Morgan fingerprint density at radius 2 is 2.29 bits per heavy atom. The molecule has 0 radical (unpaired) electrons. The summed E-state index contributed by atoms with van der Waals surface area (Å²) in [6.07, 6.45) is 6.51. The minimum Gasteiger partial charge on any atom is -0.346 e. The number of nitrogens with zero attached hydrogens (tertiary/aromatic N) is 3. The number of nitrogens with one attached hydrogen (secondary N) is 1. The van der Waals surface area contributed by atoms with Gasteiger partial charge in [-0.05, 0) is 36.2 Å². The molecule has 0 aromatic carbocycles. The predicted molar refractivity (Wildman–Crippen MR) is 97.3 cm³/mol. The highest BCUT2D eigenvalue weighted by molar-refractivity contribution is 7.11. The van der Waals surface area contributed by atoms with Crippen LogP contribution in [0.4, 0.5) is 0 Å². The highest BCUT2D eigenvalue weighted by atomic mass is 32.1. The fourth-order valence-corrected chi connectivity index (χ4v) is 4.06. The zero-order valence-corrected chi connectivity index (χ0v) is 15.4. The largest absolute Gasteiger partial charge is 0.346 e. The molecule has 0 bridgehead atoms. The van der Waals surface area contributed by atoms with Crippen LogP contribution in [0.15, 0.2) is 35.5 Å². The van der Waals surface area contributed by atoms with Gasteiger partial charge in [-0.3, -0.25) is 4.79 Å². The van der Waals surface area contributed by atoms with E-state index in [1.165, 1.54) is 10.4 Å². The third-order valence-corrected chi connectivity index (χ3v) is 5.77. The molecule has 1 atom stereocenters. The molecule has 3 heterocycles. The summed E-state index contributed by atoms with van der Waals surface area (Å²) in [4.78, 5) is 22.2. The number of thiazole rings is 1. The van der Waals surface area contributed by atoms with Gasteiger partial charge in [-0.1, -0.05) is 0 Å². The van der Waals surface area contributed by atoms with E-state index in [1.54, 1.807) is 35.2 Å². The maximum Gasteiger partial charge on any atom is 0.222 e. The van der Waals surface area contributed by atoms with E-state index in [-0.39, 0.29) is 11.9 Å². The molecule has 3 aromatic rings. The lowest BCUT2D eigenvalue weighted by Crippen LogP contribution is -2.30. The number of carbonyl (C=O) groups is 1. The van der Waals surface area contributed by atoms with Gasteiger partial charge in [0.2, 0.25) is 5.91 Å². The molecule has 5 nitrogen and oxygen atoms in total. The SMILES string of the molecule is Cc1nc([C@@H](Cc2ccsc2)NC(=O)CCn2ccnc2)sc1C. The molecule has 0 fully saturated rings. The molecule has 3 rings (SSSR count). The summed E-state index contributed by atoms with van der Waals surface area (Å²) < 4.78 is 1.91. The maximum absolute atomic E-state index is 12.4. The summed E-state index contributed by atoms with van der Waals surface area (Å²) in [6.45, 7) is 4.71. The predicted octanol–water partition coefficient (Wildman–Crippen LogP) is 3.51. The first-order valence-electron chi connectivity index (χ1n) is 7.82. The van der Waals surface area contributed by atoms with E-state index in [2.05, 4.69) is 39.0 Å². The summed E-state index contributed by atoms with van der Waals surface area (Å²) >= 11 is 3.34. The van der Waals surface area contributed by atoms with Gasteiger partial charge >= 0.3 is 0 Å². The second-order valence-electron chi connectivity index (χ2n) is 5.70. The molecule has 0 spiro atoms. The molecule has 0 unspecified atom stereocenters. The van der Waals surface area contributed by atoms with E-state index in [0.29, 0.717) is 13.0 Å². The van der Waals surface area contributed by atoms with Gasteiger partial charge < -0.3 is 9.88 Å². The summed E-state index contributed by atoms with van der Waals surface area (Å²) in [5.74, 6) is 0.0365. The molecule has 0 aliphatic carbocycles. The van der Waals surface area contributed by atoms with Crippen LogP contribution in [0.25, 0.3) is 0 Å². The molecule has 3 aromatic heterocycles. The second-order valence-corrected chi connectivity index (χ2v) is 7.71. The standard InChI is InChI=1S/C17H20N4OS2/c1-12-13(2)24-17(19-12)15(9-14-4-8-23-10-14)20-16(22)3-6-21-7-5-18-11-21/h4-5,7-8,10-11,15H,3,6,9H2,1-2H3,(H,20,22)/t15-/m1/s1. The lowest BCUT2D eigenvalue weighted by Gasteiger charge is -2.16. The van der Waals surface area contributed by atoms with E-state index in [1.807, 2.05) is 17.7 Å². The third kappa shape index (κ3) is 4.30. The third-order valence-electron chi connectivity index (χ3n) is 3.85.